The van der Waals surface area contributed by atoms with E-state index in [-0.39, 0.29) is 0 Å². The molecule has 0 aromatic heterocycles. The zero-order valence-corrected chi connectivity index (χ0v) is 11.6. The van der Waals surface area contributed by atoms with Gasteiger partial charge >= 0.3 is 0 Å². The molecule has 2 heteroatoms. The highest BCUT2D eigenvalue weighted by atomic mass is 28.3. The van der Waals surface area contributed by atoms with Gasteiger partial charge in [-0.2, -0.15) is 0 Å². The monoisotopic (exact) mass is 228 g/mol. The SMILES string of the molecule is CCCCCCCCC[SiH]1CCCCO1. The van der Waals surface area contributed by atoms with Crippen molar-refractivity contribution in [3.8, 4) is 0 Å². The molecule has 15 heavy (non-hydrogen) atoms. The molecule has 0 aromatic carbocycles. The van der Waals surface area contributed by atoms with Crippen molar-refractivity contribution < 1.29 is 4.43 Å². The molecule has 1 saturated heterocycles. The van der Waals surface area contributed by atoms with Crippen LogP contribution in [0.5, 0.6) is 0 Å². The van der Waals surface area contributed by atoms with Crippen molar-refractivity contribution in [1.29, 1.82) is 0 Å². The fraction of sp³-hybridized carbons (Fsp3) is 1.00. The summed E-state index contributed by atoms with van der Waals surface area (Å²) in [6.45, 7) is 3.36. The summed E-state index contributed by atoms with van der Waals surface area (Å²) in [6, 6.07) is 2.91. The third-order valence-electron chi connectivity index (χ3n) is 3.40. The van der Waals surface area contributed by atoms with E-state index in [2.05, 4.69) is 6.92 Å². The van der Waals surface area contributed by atoms with Crippen molar-refractivity contribution >= 4 is 9.04 Å². The summed E-state index contributed by atoms with van der Waals surface area (Å²) >= 11 is 0. The summed E-state index contributed by atoms with van der Waals surface area (Å²) in [4.78, 5) is 0. The first kappa shape index (κ1) is 13.2. The van der Waals surface area contributed by atoms with E-state index in [1.54, 1.807) is 0 Å². The Balaban J connectivity index is 1.79. The van der Waals surface area contributed by atoms with Gasteiger partial charge in [0, 0.05) is 6.61 Å². The van der Waals surface area contributed by atoms with E-state index < -0.39 is 9.04 Å². The van der Waals surface area contributed by atoms with Gasteiger partial charge in [-0.25, -0.2) is 0 Å². The van der Waals surface area contributed by atoms with Crippen LogP contribution in [-0.4, -0.2) is 15.6 Å². The molecule has 1 aliphatic rings. The van der Waals surface area contributed by atoms with Crippen molar-refractivity contribution in [1.82, 2.24) is 0 Å². The van der Waals surface area contributed by atoms with Gasteiger partial charge in [0.05, 0.1) is 0 Å². The molecule has 0 aromatic rings. The molecule has 0 aliphatic carbocycles. The minimum absolute atomic E-state index is 0.691. The minimum atomic E-state index is -0.691. The second-order valence-electron chi connectivity index (χ2n) is 4.90. The van der Waals surface area contributed by atoms with Crippen LogP contribution < -0.4 is 0 Å². The Morgan fingerprint density at radius 2 is 1.67 bits per heavy atom. The van der Waals surface area contributed by atoms with Crippen LogP contribution in [0, 0.1) is 0 Å². The summed E-state index contributed by atoms with van der Waals surface area (Å²) in [5.41, 5.74) is 0. The Kier molecular flexibility index (Phi) is 8.30. The number of unbranched alkanes of at least 4 members (excludes halogenated alkanes) is 6. The predicted octanol–water partition coefficient (Wildman–Crippen LogP) is 4.27. The minimum Gasteiger partial charge on any atom is -0.420 e. The summed E-state index contributed by atoms with van der Waals surface area (Å²) < 4.78 is 5.86. The Morgan fingerprint density at radius 3 is 2.33 bits per heavy atom. The smallest absolute Gasteiger partial charge is 0.176 e. The second-order valence-corrected chi connectivity index (χ2v) is 7.63. The molecule has 1 heterocycles. The predicted molar refractivity (Wildman–Crippen MR) is 69.9 cm³/mol. The van der Waals surface area contributed by atoms with Crippen molar-refractivity contribution in [3.63, 3.8) is 0 Å². The molecule has 1 rings (SSSR count). The lowest BCUT2D eigenvalue weighted by Crippen LogP contribution is -2.22. The average molecular weight is 228 g/mol. The Hall–Kier alpha value is 0.177. The van der Waals surface area contributed by atoms with E-state index in [1.165, 1.54) is 69.9 Å². The van der Waals surface area contributed by atoms with E-state index in [9.17, 15) is 0 Å². The topological polar surface area (TPSA) is 9.23 Å². The number of hydrogen-bond acceptors (Lipinski definition) is 1. The van der Waals surface area contributed by atoms with Crippen molar-refractivity contribution in [2.45, 2.75) is 76.8 Å². The van der Waals surface area contributed by atoms with Gasteiger partial charge in [0.25, 0.3) is 0 Å². The molecule has 1 atom stereocenters. The molecule has 1 nitrogen and oxygen atoms in total. The highest BCUT2D eigenvalue weighted by Gasteiger charge is 2.14. The van der Waals surface area contributed by atoms with Crippen LogP contribution in [0.2, 0.25) is 12.1 Å². The normalized spacial score (nSPS) is 21.8. The number of hydrogen-bond donors (Lipinski definition) is 0. The quantitative estimate of drug-likeness (QED) is 0.445. The van der Waals surface area contributed by atoms with Gasteiger partial charge in [-0.1, -0.05) is 58.3 Å². The fourth-order valence-corrected chi connectivity index (χ4v) is 4.97. The molecule has 0 spiro atoms. The molecule has 1 unspecified atom stereocenters. The first-order valence-electron chi connectivity index (χ1n) is 7.05. The van der Waals surface area contributed by atoms with Crippen LogP contribution in [0.25, 0.3) is 0 Å². The third kappa shape index (κ3) is 7.12. The van der Waals surface area contributed by atoms with Crippen LogP contribution in [0.4, 0.5) is 0 Å². The van der Waals surface area contributed by atoms with Crippen molar-refractivity contribution in [2.24, 2.45) is 0 Å². The lowest BCUT2D eigenvalue weighted by atomic mass is 10.1. The zero-order valence-electron chi connectivity index (χ0n) is 10.5. The van der Waals surface area contributed by atoms with Gasteiger partial charge in [-0.15, -0.1) is 0 Å². The van der Waals surface area contributed by atoms with Gasteiger partial charge < -0.3 is 4.43 Å². The maximum atomic E-state index is 5.86. The molecule has 0 bridgehead atoms. The summed E-state index contributed by atoms with van der Waals surface area (Å²) in [6.07, 6.45) is 12.8. The molecule has 0 N–H and O–H groups in total. The van der Waals surface area contributed by atoms with Crippen LogP contribution in [-0.2, 0) is 4.43 Å². The highest BCUT2D eigenvalue weighted by Crippen LogP contribution is 2.17. The molecule has 1 aliphatic heterocycles. The van der Waals surface area contributed by atoms with E-state index in [1.807, 2.05) is 0 Å². The molecule has 0 saturated carbocycles. The largest absolute Gasteiger partial charge is 0.420 e. The summed E-state index contributed by atoms with van der Waals surface area (Å²) in [7, 11) is -0.691. The molecule has 0 amide bonds. The molecule has 1 fully saturated rings. The third-order valence-corrected chi connectivity index (χ3v) is 6.22. The summed E-state index contributed by atoms with van der Waals surface area (Å²) in [5, 5.41) is 0. The molecular weight excluding hydrogens is 200 g/mol. The summed E-state index contributed by atoms with van der Waals surface area (Å²) in [5.74, 6) is 0. The Bertz CT molecular complexity index is 132. The van der Waals surface area contributed by atoms with Crippen molar-refractivity contribution in [2.75, 3.05) is 6.61 Å². The van der Waals surface area contributed by atoms with Gasteiger partial charge in [-0.3, -0.25) is 0 Å². The molecular formula is C13H28OSi. The first-order chi connectivity index (χ1) is 7.43. The Morgan fingerprint density at radius 1 is 0.933 bits per heavy atom. The fourth-order valence-electron chi connectivity index (χ4n) is 2.36. The standard InChI is InChI=1S/C13H28OSi/c1-2-3-4-5-6-7-9-12-15-13-10-8-11-14-15/h15H,2-13H2,1H3. The highest BCUT2D eigenvalue weighted by molar-refractivity contribution is 6.51. The van der Waals surface area contributed by atoms with Crippen LogP contribution in [0.1, 0.15) is 64.7 Å². The average Bonchev–Trinajstić information content (AvgIpc) is 2.29. The Labute approximate surface area is 97.3 Å². The van der Waals surface area contributed by atoms with Gasteiger partial charge in [0.1, 0.15) is 0 Å². The lowest BCUT2D eigenvalue weighted by Gasteiger charge is -2.20. The van der Waals surface area contributed by atoms with Gasteiger partial charge in [0.2, 0.25) is 0 Å². The molecule has 90 valence electrons. The maximum Gasteiger partial charge on any atom is 0.176 e. The maximum absolute atomic E-state index is 5.86. The van der Waals surface area contributed by atoms with Gasteiger partial charge in [-0.05, 0) is 18.5 Å². The van der Waals surface area contributed by atoms with Gasteiger partial charge in [0.15, 0.2) is 9.04 Å². The van der Waals surface area contributed by atoms with E-state index in [0.717, 1.165) is 6.61 Å². The zero-order chi connectivity index (χ0) is 10.8. The van der Waals surface area contributed by atoms with E-state index in [4.69, 9.17) is 4.43 Å². The van der Waals surface area contributed by atoms with E-state index >= 15 is 0 Å². The van der Waals surface area contributed by atoms with Crippen LogP contribution >= 0.6 is 0 Å². The first-order valence-corrected chi connectivity index (χ1v) is 9.15. The van der Waals surface area contributed by atoms with Crippen LogP contribution in [0.15, 0.2) is 0 Å². The second kappa shape index (κ2) is 9.41. The molecule has 0 radical (unpaired) electrons. The van der Waals surface area contributed by atoms with Crippen molar-refractivity contribution in [3.05, 3.63) is 0 Å². The van der Waals surface area contributed by atoms with Crippen LogP contribution in [0.3, 0.4) is 0 Å². The lowest BCUT2D eigenvalue weighted by molar-refractivity contribution is 0.285. The number of rotatable bonds is 8. The van der Waals surface area contributed by atoms with E-state index in [0.29, 0.717) is 0 Å².